The van der Waals surface area contributed by atoms with Gasteiger partial charge < -0.3 is 9.73 Å². The maximum absolute atomic E-state index is 12.5. The molecule has 0 saturated carbocycles. The van der Waals surface area contributed by atoms with E-state index in [0.29, 0.717) is 16.5 Å². The molecule has 1 amide bonds. The Morgan fingerprint density at radius 2 is 1.80 bits per heavy atom. The highest BCUT2D eigenvalue weighted by Crippen LogP contribution is 2.19. The van der Waals surface area contributed by atoms with E-state index in [-0.39, 0.29) is 11.3 Å². The first-order valence-corrected chi connectivity index (χ1v) is 8.03. The molecule has 25 heavy (non-hydrogen) atoms. The molecule has 0 aliphatic rings. The van der Waals surface area contributed by atoms with Crippen molar-refractivity contribution in [3.8, 4) is 0 Å². The monoisotopic (exact) mass is 333 g/mol. The molecule has 0 atom stereocenters. The first-order valence-electron chi connectivity index (χ1n) is 8.03. The third kappa shape index (κ3) is 3.53. The summed E-state index contributed by atoms with van der Waals surface area (Å²) in [7, 11) is 0. The van der Waals surface area contributed by atoms with Crippen molar-refractivity contribution in [2.75, 3.05) is 5.32 Å². The standard InChI is InChI=1S/C21H19NO3/c1-13-7-9-18-17(11-13)21(24)16(12-25-18)8-10-19(23)22-20-14(2)5-4-6-15(20)3/h4-12H,1-3H3,(H,22,23)/b10-8+. The Morgan fingerprint density at radius 1 is 1.08 bits per heavy atom. The van der Waals surface area contributed by atoms with Crippen molar-refractivity contribution in [2.45, 2.75) is 20.8 Å². The summed E-state index contributed by atoms with van der Waals surface area (Å²) in [6, 6.07) is 11.3. The van der Waals surface area contributed by atoms with Gasteiger partial charge >= 0.3 is 0 Å². The fourth-order valence-corrected chi connectivity index (χ4v) is 2.72. The normalized spacial score (nSPS) is 11.2. The van der Waals surface area contributed by atoms with E-state index in [0.717, 1.165) is 22.4 Å². The SMILES string of the molecule is Cc1ccc2occ(/C=C/C(=O)Nc3c(C)cccc3C)c(=O)c2c1. The average Bonchev–Trinajstić information content (AvgIpc) is 2.58. The van der Waals surface area contributed by atoms with Crippen LogP contribution in [-0.2, 0) is 4.79 Å². The number of carbonyl (C=O) groups is 1. The number of para-hydroxylation sites is 1. The largest absolute Gasteiger partial charge is 0.463 e. The molecule has 0 aliphatic heterocycles. The molecule has 3 aromatic rings. The molecule has 1 N–H and O–H groups in total. The second-order valence-electron chi connectivity index (χ2n) is 6.11. The van der Waals surface area contributed by atoms with E-state index in [1.165, 1.54) is 18.4 Å². The fraction of sp³-hybridized carbons (Fsp3) is 0.143. The summed E-state index contributed by atoms with van der Waals surface area (Å²) in [5.41, 5.74) is 4.47. The van der Waals surface area contributed by atoms with Crippen LogP contribution in [-0.4, -0.2) is 5.91 Å². The number of hydrogen-bond donors (Lipinski definition) is 1. The summed E-state index contributed by atoms with van der Waals surface area (Å²) in [5, 5.41) is 3.37. The number of aryl methyl sites for hydroxylation is 3. The summed E-state index contributed by atoms with van der Waals surface area (Å²) < 4.78 is 5.48. The molecule has 3 rings (SSSR count). The Kier molecular flexibility index (Phi) is 4.52. The molecule has 0 saturated heterocycles. The molecule has 0 aliphatic carbocycles. The van der Waals surface area contributed by atoms with Crippen molar-refractivity contribution in [1.29, 1.82) is 0 Å². The third-order valence-electron chi connectivity index (χ3n) is 4.10. The molecule has 126 valence electrons. The third-order valence-corrected chi connectivity index (χ3v) is 4.10. The topological polar surface area (TPSA) is 59.3 Å². The lowest BCUT2D eigenvalue weighted by molar-refractivity contribution is -0.111. The molecule has 0 bridgehead atoms. The van der Waals surface area contributed by atoms with Crippen LogP contribution in [0.5, 0.6) is 0 Å². The van der Waals surface area contributed by atoms with Crippen LogP contribution in [0, 0.1) is 20.8 Å². The van der Waals surface area contributed by atoms with E-state index in [4.69, 9.17) is 4.42 Å². The minimum atomic E-state index is -0.291. The Hall–Kier alpha value is -3.14. The van der Waals surface area contributed by atoms with Gasteiger partial charge in [-0.25, -0.2) is 0 Å². The van der Waals surface area contributed by atoms with E-state index in [9.17, 15) is 9.59 Å². The van der Waals surface area contributed by atoms with Gasteiger partial charge in [-0.15, -0.1) is 0 Å². The molecule has 1 aromatic heterocycles. The van der Waals surface area contributed by atoms with Crippen LogP contribution < -0.4 is 10.7 Å². The van der Waals surface area contributed by atoms with Gasteiger partial charge in [0, 0.05) is 11.8 Å². The summed E-state index contributed by atoms with van der Waals surface area (Å²) in [5.74, 6) is -0.291. The van der Waals surface area contributed by atoms with Crippen molar-refractivity contribution in [1.82, 2.24) is 0 Å². The average molecular weight is 333 g/mol. The van der Waals surface area contributed by atoms with Crippen molar-refractivity contribution < 1.29 is 9.21 Å². The van der Waals surface area contributed by atoms with E-state index >= 15 is 0 Å². The molecule has 4 heteroatoms. The van der Waals surface area contributed by atoms with Gasteiger partial charge in [-0.3, -0.25) is 9.59 Å². The van der Waals surface area contributed by atoms with Gasteiger partial charge in [0.25, 0.3) is 0 Å². The van der Waals surface area contributed by atoms with E-state index < -0.39 is 0 Å². The van der Waals surface area contributed by atoms with Gasteiger partial charge in [0.2, 0.25) is 5.91 Å². The Morgan fingerprint density at radius 3 is 2.52 bits per heavy atom. The minimum absolute atomic E-state index is 0.152. The van der Waals surface area contributed by atoms with E-state index in [2.05, 4.69) is 5.32 Å². The second-order valence-corrected chi connectivity index (χ2v) is 6.11. The number of benzene rings is 2. The van der Waals surface area contributed by atoms with Gasteiger partial charge in [-0.2, -0.15) is 0 Å². The van der Waals surface area contributed by atoms with Crippen molar-refractivity contribution in [2.24, 2.45) is 0 Å². The van der Waals surface area contributed by atoms with Crippen LogP contribution in [0.2, 0.25) is 0 Å². The quantitative estimate of drug-likeness (QED) is 0.724. The molecule has 0 radical (unpaired) electrons. The molecule has 0 fully saturated rings. The molecular weight excluding hydrogens is 314 g/mol. The number of rotatable bonds is 3. The summed E-state index contributed by atoms with van der Waals surface area (Å²) >= 11 is 0. The predicted molar refractivity (Wildman–Crippen MR) is 101 cm³/mol. The zero-order valence-electron chi connectivity index (χ0n) is 14.4. The lowest BCUT2D eigenvalue weighted by atomic mass is 10.1. The van der Waals surface area contributed by atoms with Crippen molar-refractivity contribution in [3.63, 3.8) is 0 Å². The Bertz CT molecular complexity index is 1020. The smallest absolute Gasteiger partial charge is 0.248 e. The number of fused-ring (bicyclic) bond motifs is 1. The number of anilines is 1. The summed E-state index contributed by atoms with van der Waals surface area (Å²) in [6.45, 7) is 5.79. The van der Waals surface area contributed by atoms with Crippen LogP contribution in [0.1, 0.15) is 22.3 Å². The minimum Gasteiger partial charge on any atom is -0.463 e. The van der Waals surface area contributed by atoms with Gasteiger partial charge in [0.05, 0.1) is 10.9 Å². The van der Waals surface area contributed by atoms with Crippen LogP contribution in [0.25, 0.3) is 17.0 Å². The maximum atomic E-state index is 12.5. The first-order chi connectivity index (χ1) is 12.0. The zero-order valence-corrected chi connectivity index (χ0v) is 14.4. The molecule has 0 spiro atoms. The highest BCUT2D eigenvalue weighted by atomic mass is 16.3. The van der Waals surface area contributed by atoms with Crippen molar-refractivity contribution in [3.05, 3.63) is 81.2 Å². The summed E-state index contributed by atoms with van der Waals surface area (Å²) in [6.07, 6.45) is 4.21. The molecule has 4 nitrogen and oxygen atoms in total. The number of hydrogen-bond acceptors (Lipinski definition) is 3. The summed E-state index contributed by atoms with van der Waals surface area (Å²) in [4.78, 5) is 24.7. The van der Waals surface area contributed by atoms with Crippen LogP contribution in [0.4, 0.5) is 5.69 Å². The van der Waals surface area contributed by atoms with Gasteiger partial charge in [-0.1, -0.05) is 29.8 Å². The Labute approximate surface area is 145 Å². The highest BCUT2D eigenvalue weighted by molar-refractivity contribution is 6.02. The van der Waals surface area contributed by atoms with Gasteiger partial charge in [-0.05, 0) is 50.1 Å². The molecular formula is C21H19NO3. The lowest BCUT2D eigenvalue weighted by Gasteiger charge is -2.09. The van der Waals surface area contributed by atoms with E-state index in [1.807, 2.05) is 45.0 Å². The highest BCUT2D eigenvalue weighted by Gasteiger charge is 2.07. The zero-order chi connectivity index (χ0) is 18.0. The number of carbonyl (C=O) groups excluding carboxylic acids is 1. The molecule has 1 heterocycles. The number of amides is 1. The number of nitrogens with one attached hydrogen (secondary N) is 1. The van der Waals surface area contributed by atoms with Crippen LogP contribution in [0.3, 0.4) is 0 Å². The molecule has 2 aromatic carbocycles. The fourth-order valence-electron chi connectivity index (χ4n) is 2.72. The van der Waals surface area contributed by atoms with Gasteiger partial charge in [0.15, 0.2) is 5.43 Å². The molecule has 0 unspecified atom stereocenters. The predicted octanol–water partition coefficient (Wildman–Crippen LogP) is 4.37. The van der Waals surface area contributed by atoms with Crippen LogP contribution in [0.15, 0.2) is 57.9 Å². The maximum Gasteiger partial charge on any atom is 0.248 e. The second kappa shape index (κ2) is 6.77. The Balaban J connectivity index is 1.87. The first kappa shape index (κ1) is 16.7. The van der Waals surface area contributed by atoms with E-state index in [1.54, 1.807) is 12.1 Å². The van der Waals surface area contributed by atoms with Gasteiger partial charge in [0.1, 0.15) is 11.8 Å². The van der Waals surface area contributed by atoms with Crippen LogP contribution >= 0.6 is 0 Å². The van der Waals surface area contributed by atoms with Crippen molar-refractivity contribution >= 4 is 28.6 Å². The lowest BCUT2D eigenvalue weighted by Crippen LogP contribution is -2.11.